The van der Waals surface area contributed by atoms with Gasteiger partial charge < -0.3 is 19.9 Å². The van der Waals surface area contributed by atoms with Gasteiger partial charge >= 0.3 is 0 Å². The van der Waals surface area contributed by atoms with E-state index in [4.69, 9.17) is 19.9 Å². The predicted octanol–water partition coefficient (Wildman–Crippen LogP) is 2.28. The molecule has 0 spiro atoms. The number of benzene rings is 1. The first kappa shape index (κ1) is 14.3. The van der Waals surface area contributed by atoms with Crippen LogP contribution < -0.4 is 10.5 Å². The normalized spacial score (nSPS) is 21.1. The molecule has 1 fully saturated rings. The van der Waals surface area contributed by atoms with Gasteiger partial charge in [0.15, 0.2) is 0 Å². The molecule has 1 aliphatic rings. The van der Waals surface area contributed by atoms with E-state index in [0.717, 1.165) is 30.8 Å². The van der Waals surface area contributed by atoms with Crippen LogP contribution in [0, 0.1) is 0 Å². The summed E-state index contributed by atoms with van der Waals surface area (Å²) in [5.74, 6) is 0.813. The molecule has 2 rings (SSSR count). The molecule has 4 nitrogen and oxygen atoms in total. The van der Waals surface area contributed by atoms with Crippen LogP contribution >= 0.6 is 0 Å². The summed E-state index contributed by atoms with van der Waals surface area (Å²) in [5.41, 5.74) is 7.12. The van der Waals surface area contributed by atoms with E-state index in [0.29, 0.717) is 13.2 Å². The summed E-state index contributed by atoms with van der Waals surface area (Å²) in [6, 6.07) is 7.62. The second-order valence-corrected chi connectivity index (χ2v) is 4.87. The van der Waals surface area contributed by atoms with E-state index in [1.54, 1.807) is 7.11 Å². The van der Waals surface area contributed by atoms with E-state index in [-0.39, 0.29) is 12.1 Å². The summed E-state index contributed by atoms with van der Waals surface area (Å²) in [5, 5.41) is 0. The van der Waals surface area contributed by atoms with Crippen LogP contribution in [0.15, 0.2) is 24.3 Å². The van der Waals surface area contributed by atoms with E-state index in [9.17, 15) is 0 Å². The Morgan fingerprint density at radius 3 is 2.95 bits per heavy atom. The van der Waals surface area contributed by atoms with E-state index in [1.807, 2.05) is 24.3 Å². The third kappa shape index (κ3) is 4.20. The summed E-state index contributed by atoms with van der Waals surface area (Å²) >= 11 is 0. The Labute approximate surface area is 114 Å². The van der Waals surface area contributed by atoms with Gasteiger partial charge in [0.25, 0.3) is 0 Å². The fraction of sp³-hybridized carbons (Fsp3) is 0.600. The molecule has 0 saturated carbocycles. The van der Waals surface area contributed by atoms with Gasteiger partial charge in [-0.05, 0) is 25.3 Å². The van der Waals surface area contributed by atoms with Gasteiger partial charge in [0.2, 0.25) is 0 Å². The van der Waals surface area contributed by atoms with Gasteiger partial charge in [0.1, 0.15) is 5.75 Å². The summed E-state index contributed by atoms with van der Waals surface area (Å²) in [7, 11) is 1.66. The number of rotatable bonds is 6. The summed E-state index contributed by atoms with van der Waals surface area (Å²) < 4.78 is 16.6. The Balaban J connectivity index is 1.78. The molecule has 1 aliphatic heterocycles. The van der Waals surface area contributed by atoms with E-state index in [1.165, 1.54) is 6.42 Å². The van der Waals surface area contributed by atoms with Crippen LogP contribution in [-0.2, 0) is 9.47 Å². The Morgan fingerprint density at radius 1 is 1.37 bits per heavy atom. The molecule has 0 aliphatic carbocycles. The van der Waals surface area contributed by atoms with Crippen LogP contribution in [0.1, 0.15) is 30.9 Å². The maximum absolute atomic E-state index is 6.14. The molecule has 4 heteroatoms. The minimum atomic E-state index is -0.167. The standard InChI is InChI=1S/C15H23NO3/c1-17-15-8-3-2-7-13(15)14(16)11-18-10-12-6-4-5-9-19-12/h2-3,7-8,12,14H,4-6,9-11,16H2,1H3. The first-order valence-corrected chi connectivity index (χ1v) is 6.89. The van der Waals surface area contributed by atoms with Gasteiger partial charge in [-0.3, -0.25) is 0 Å². The molecule has 1 saturated heterocycles. The SMILES string of the molecule is COc1ccccc1C(N)COCC1CCCCO1. The Morgan fingerprint density at radius 2 is 2.21 bits per heavy atom. The van der Waals surface area contributed by atoms with Crippen molar-refractivity contribution in [1.29, 1.82) is 0 Å². The fourth-order valence-electron chi connectivity index (χ4n) is 2.33. The van der Waals surface area contributed by atoms with E-state index >= 15 is 0 Å². The Hall–Kier alpha value is -1.10. The third-order valence-electron chi connectivity index (χ3n) is 3.41. The quantitative estimate of drug-likeness (QED) is 0.857. The van der Waals surface area contributed by atoms with E-state index in [2.05, 4.69) is 0 Å². The van der Waals surface area contributed by atoms with Gasteiger partial charge in [0, 0.05) is 12.2 Å². The minimum Gasteiger partial charge on any atom is -0.496 e. The lowest BCUT2D eigenvalue weighted by Gasteiger charge is -2.23. The van der Waals surface area contributed by atoms with Crippen LogP contribution in [0.3, 0.4) is 0 Å². The van der Waals surface area contributed by atoms with Gasteiger partial charge in [-0.25, -0.2) is 0 Å². The van der Waals surface area contributed by atoms with Gasteiger partial charge in [-0.1, -0.05) is 18.2 Å². The molecule has 2 N–H and O–H groups in total. The van der Waals surface area contributed by atoms with Crippen molar-refractivity contribution in [3.05, 3.63) is 29.8 Å². The number of hydrogen-bond acceptors (Lipinski definition) is 4. The third-order valence-corrected chi connectivity index (χ3v) is 3.41. The molecule has 2 atom stereocenters. The number of para-hydroxylation sites is 1. The van der Waals surface area contributed by atoms with Crippen LogP contribution in [0.25, 0.3) is 0 Å². The summed E-state index contributed by atoms with van der Waals surface area (Å²) in [6.45, 7) is 1.97. The van der Waals surface area contributed by atoms with Crippen molar-refractivity contribution < 1.29 is 14.2 Å². The minimum absolute atomic E-state index is 0.167. The molecule has 1 aromatic carbocycles. The number of nitrogens with two attached hydrogens (primary N) is 1. The highest BCUT2D eigenvalue weighted by molar-refractivity contribution is 5.35. The molecule has 1 aromatic rings. The molecule has 106 valence electrons. The van der Waals surface area contributed by atoms with Crippen LogP contribution in [-0.4, -0.2) is 33.0 Å². The zero-order valence-corrected chi connectivity index (χ0v) is 11.5. The molecule has 0 amide bonds. The number of hydrogen-bond donors (Lipinski definition) is 1. The average Bonchev–Trinajstić information content (AvgIpc) is 2.48. The molecule has 0 bridgehead atoms. The van der Waals surface area contributed by atoms with Crippen molar-refractivity contribution in [2.24, 2.45) is 5.73 Å². The molecule has 19 heavy (non-hydrogen) atoms. The summed E-state index contributed by atoms with van der Waals surface area (Å²) in [4.78, 5) is 0. The van der Waals surface area contributed by atoms with Crippen molar-refractivity contribution in [2.45, 2.75) is 31.4 Å². The monoisotopic (exact) mass is 265 g/mol. The lowest BCUT2D eigenvalue weighted by atomic mass is 10.1. The van der Waals surface area contributed by atoms with Crippen molar-refractivity contribution in [3.63, 3.8) is 0 Å². The predicted molar refractivity (Wildman–Crippen MR) is 74.3 cm³/mol. The van der Waals surface area contributed by atoms with Gasteiger partial charge in [-0.2, -0.15) is 0 Å². The molecule has 2 unspecified atom stereocenters. The smallest absolute Gasteiger partial charge is 0.123 e. The van der Waals surface area contributed by atoms with Crippen LogP contribution in [0.4, 0.5) is 0 Å². The summed E-state index contributed by atoms with van der Waals surface area (Å²) in [6.07, 6.45) is 3.71. The van der Waals surface area contributed by atoms with Crippen LogP contribution in [0.5, 0.6) is 5.75 Å². The average molecular weight is 265 g/mol. The topological polar surface area (TPSA) is 53.7 Å². The number of methoxy groups -OCH3 is 1. The maximum Gasteiger partial charge on any atom is 0.123 e. The Bertz CT molecular complexity index is 377. The van der Waals surface area contributed by atoms with Crippen molar-refractivity contribution in [3.8, 4) is 5.75 Å². The Kier molecular flexibility index (Phi) is 5.63. The lowest BCUT2D eigenvalue weighted by molar-refractivity contribution is -0.0428. The second kappa shape index (κ2) is 7.48. The maximum atomic E-state index is 6.14. The highest BCUT2D eigenvalue weighted by atomic mass is 16.5. The zero-order chi connectivity index (χ0) is 13.5. The molecular weight excluding hydrogens is 242 g/mol. The van der Waals surface area contributed by atoms with Crippen molar-refractivity contribution in [2.75, 3.05) is 26.9 Å². The second-order valence-electron chi connectivity index (χ2n) is 4.87. The number of ether oxygens (including phenoxy) is 3. The molecule has 0 radical (unpaired) electrons. The van der Waals surface area contributed by atoms with E-state index < -0.39 is 0 Å². The largest absolute Gasteiger partial charge is 0.496 e. The van der Waals surface area contributed by atoms with Gasteiger partial charge in [-0.15, -0.1) is 0 Å². The first-order chi connectivity index (χ1) is 9.31. The van der Waals surface area contributed by atoms with Crippen LogP contribution in [0.2, 0.25) is 0 Å². The highest BCUT2D eigenvalue weighted by Gasteiger charge is 2.16. The molecule has 1 heterocycles. The first-order valence-electron chi connectivity index (χ1n) is 6.89. The highest BCUT2D eigenvalue weighted by Crippen LogP contribution is 2.23. The van der Waals surface area contributed by atoms with Gasteiger partial charge in [0.05, 0.1) is 32.5 Å². The van der Waals surface area contributed by atoms with Crippen molar-refractivity contribution >= 4 is 0 Å². The fourth-order valence-corrected chi connectivity index (χ4v) is 2.33. The van der Waals surface area contributed by atoms with Crippen molar-refractivity contribution in [1.82, 2.24) is 0 Å². The lowest BCUT2D eigenvalue weighted by Crippen LogP contribution is -2.27. The zero-order valence-electron chi connectivity index (χ0n) is 11.5. The molecular formula is C15H23NO3. The molecule has 0 aromatic heterocycles.